The number of nitrogens with one attached hydrogen (secondary N) is 1. The van der Waals surface area contributed by atoms with E-state index >= 15 is 0 Å². The van der Waals surface area contributed by atoms with E-state index in [0.717, 1.165) is 69.2 Å². The molecule has 2 aliphatic heterocycles. The third-order valence-electron chi connectivity index (χ3n) is 6.84. The van der Waals surface area contributed by atoms with Crippen molar-refractivity contribution >= 4 is 5.91 Å². The minimum atomic E-state index is 0.160. The molecule has 8 heteroatoms. The lowest BCUT2D eigenvalue weighted by atomic mass is 9.95. The fraction of sp³-hybridized carbons (Fsp3) is 0.714. The quantitative estimate of drug-likeness (QED) is 0.838. The van der Waals surface area contributed by atoms with Crippen molar-refractivity contribution in [1.82, 2.24) is 34.8 Å². The Morgan fingerprint density at radius 2 is 1.97 bits per heavy atom. The highest BCUT2D eigenvalue weighted by molar-refractivity contribution is 5.95. The van der Waals surface area contributed by atoms with E-state index in [4.69, 9.17) is 0 Å². The van der Waals surface area contributed by atoms with Crippen LogP contribution < -0.4 is 5.32 Å². The van der Waals surface area contributed by atoms with E-state index in [1.165, 1.54) is 18.5 Å². The molecule has 0 bridgehead atoms. The number of hydrogen-bond donors (Lipinski definition) is 1. The maximum Gasteiger partial charge on any atom is 0.257 e. The first-order valence-corrected chi connectivity index (χ1v) is 11.2. The Hall–Kier alpha value is -2.22. The minimum Gasteiger partial charge on any atom is -0.338 e. The predicted molar refractivity (Wildman–Crippen MR) is 109 cm³/mol. The fourth-order valence-corrected chi connectivity index (χ4v) is 4.75. The van der Waals surface area contributed by atoms with Crippen LogP contribution in [0.2, 0.25) is 0 Å². The molecule has 3 aliphatic rings. The van der Waals surface area contributed by atoms with E-state index in [1.54, 1.807) is 0 Å². The minimum absolute atomic E-state index is 0.160. The number of carbonyl (C=O) groups is 1. The summed E-state index contributed by atoms with van der Waals surface area (Å²) in [7, 11) is 0. The molecule has 1 saturated carbocycles. The monoisotopic (exact) mass is 397 g/mol. The molecule has 4 heterocycles. The van der Waals surface area contributed by atoms with Gasteiger partial charge in [-0.05, 0) is 39.0 Å². The van der Waals surface area contributed by atoms with Crippen molar-refractivity contribution in [2.75, 3.05) is 19.6 Å². The van der Waals surface area contributed by atoms with Gasteiger partial charge in [-0.25, -0.2) is 0 Å². The van der Waals surface area contributed by atoms with Crippen molar-refractivity contribution in [3.05, 3.63) is 29.1 Å². The lowest BCUT2D eigenvalue weighted by Gasteiger charge is -2.32. The SMILES string of the molecule is CCC(C)n1ncc(C(=O)N2CCC(c3nnc4n3CCNC4)CC2)c1C1CC1. The van der Waals surface area contributed by atoms with Crippen molar-refractivity contribution in [3.8, 4) is 0 Å². The molecule has 1 atom stereocenters. The first-order valence-electron chi connectivity index (χ1n) is 11.2. The number of hydrogen-bond acceptors (Lipinski definition) is 5. The average Bonchev–Trinajstić information content (AvgIpc) is 3.36. The summed E-state index contributed by atoms with van der Waals surface area (Å²) in [5.41, 5.74) is 2.00. The maximum atomic E-state index is 13.3. The number of piperidine rings is 1. The summed E-state index contributed by atoms with van der Waals surface area (Å²) < 4.78 is 4.38. The molecule has 1 unspecified atom stereocenters. The van der Waals surface area contributed by atoms with Crippen LogP contribution in [0.15, 0.2) is 6.20 Å². The standard InChI is InChI=1S/C21H31N7O/c1-3-14(2)28-19(15-4-5-15)17(12-23-28)21(29)26-9-6-16(7-10-26)20-25-24-18-13-22-8-11-27(18)20/h12,14-16,22H,3-11,13H2,1-2H3. The van der Waals surface area contributed by atoms with Gasteiger partial charge in [-0.2, -0.15) is 5.10 Å². The number of likely N-dealkylation sites (tertiary alicyclic amines) is 1. The van der Waals surface area contributed by atoms with E-state index in [0.29, 0.717) is 17.9 Å². The van der Waals surface area contributed by atoms with Crippen LogP contribution in [0.3, 0.4) is 0 Å². The van der Waals surface area contributed by atoms with Crippen molar-refractivity contribution in [2.45, 2.75) is 76.9 Å². The number of carbonyl (C=O) groups excluding carboxylic acids is 1. The average molecular weight is 398 g/mol. The molecule has 156 valence electrons. The molecule has 1 saturated heterocycles. The van der Waals surface area contributed by atoms with Crippen LogP contribution in [-0.2, 0) is 13.1 Å². The van der Waals surface area contributed by atoms with Gasteiger partial charge in [0.15, 0.2) is 0 Å². The molecule has 29 heavy (non-hydrogen) atoms. The highest BCUT2D eigenvalue weighted by atomic mass is 16.2. The molecule has 0 aromatic carbocycles. The Morgan fingerprint density at radius 3 is 2.69 bits per heavy atom. The molecular formula is C21H31N7O. The van der Waals surface area contributed by atoms with Gasteiger partial charge in [0.05, 0.1) is 24.0 Å². The molecular weight excluding hydrogens is 366 g/mol. The van der Waals surface area contributed by atoms with Gasteiger partial charge in [-0.1, -0.05) is 6.92 Å². The number of amides is 1. The maximum absolute atomic E-state index is 13.3. The summed E-state index contributed by atoms with van der Waals surface area (Å²) in [5.74, 6) is 3.21. The molecule has 2 aromatic heterocycles. The molecule has 0 spiro atoms. The van der Waals surface area contributed by atoms with E-state index < -0.39 is 0 Å². The summed E-state index contributed by atoms with van der Waals surface area (Å²) in [4.78, 5) is 15.4. The Balaban J connectivity index is 1.30. The van der Waals surface area contributed by atoms with Gasteiger partial charge in [0.1, 0.15) is 11.6 Å². The second-order valence-corrected chi connectivity index (χ2v) is 8.79. The van der Waals surface area contributed by atoms with Crippen molar-refractivity contribution < 1.29 is 4.79 Å². The predicted octanol–water partition coefficient (Wildman–Crippen LogP) is 2.45. The Kier molecular flexibility index (Phi) is 4.89. The van der Waals surface area contributed by atoms with Gasteiger partial charge in [0.2, 0.25) is 0 Å². The summed E-state index contributed by atoms with van der Waals surface area (Å²) in [6.45, 7) is 8.64. The highest BCUT2D eigenvalue weighted by Crippen LogP contribution is 2.43. The van der Waals surface area contributed by atoms with Crippen LogP contribution in [0.5, 0.6) is 0 Å². The lowest BCUT2D eigenvalue weighted by Crippen LogP contribution is -2.39. The van der Waals surface area contributed by atoms with Crippen LogP contribution in [0.25, 0.3) is 0 Å². The van der Waals surface area contributed by atoms with E-state index in [2.05, 4.69) is 43.7 Å². The van der Waals surface area contributed by atoms with E-state index in [9.17, 15) is 4.79 Å². The van der Waals surface area contributed by atoms with Crippen molar-refractivity contribution in [3.63, 3.8) is 0 Å². The van der Waals surface area contributed by atoms with E-state index in [-0.39, 0.29) is 5.91 Å². The Bertz CT molecular complexity index is 889. The number of fused-ring (bicyclic) bond motifs is 1. The van der Waals surface area contributed by atoms with Gasteiger partial charge in [-0.3, -0.25) is 9.48 Å². The first kappa shape index (κ1) is 18.8. The zero-order valence-corrected chi connectivity index (χ0v) is 17.5. The largest absolute Gasteiger partial charge is 0.338 e. The summed E-state index contributed by atoms with van der Waals surface area (Å²) in [6, 6.07) is 0.339. The van der Waals surface area contributed by atoms with Gasteiger partial charge in [0, 0.05) is 44.1 Å². The van der Waals surface area contributed by atoms with Crippen LogP contribution in [0.4, 0.5) is 0 Å². The van der Waals surface area contributed by atoms with Crippen LogP contribution >= 0.6 is 0 Å². The molecule has 1 amide bonds. The van der Waals surface area contributed by atoms with Crippen LogP contribution in [0, 0.1) is 0 Å². The Labute approximate surface area is 171 Å². The molecule has 5 rings (SSSR count). The van der Waals surface area contributed by atoms with Crippen molar-refractivity contribution in [2.24, 2.45) is 0 Å². The molecule has 1 N–H and O–H groups in total. The molecule has 0 radical (unpaired) electrons. The zero-order chi connectivity index (χ0) is 20.0. The van der Waals surface area contributed by atoms with Crippen molar-refractivity contribution in [1.29, 1.82) is 0 Å². The smallest absolute Gasteiger partial charge is 0.257 e. The summed E-state index contributed by atoms with van der Waals surface area (Å²) in [6.07, 6.45) is 7.11. The zero-order valence-electron chi connectivity index (χ0n) is 17.5. The third kappa shape index (κ3) is 3.37. The number of rotatable bonds is 5. The highest BCUT2D eigenvalue weighted by Gasteiger charge is 2.36. The number of aromatic nitrogens is 5. The van der Waals surface area contributed by atoms with E-state index in [1.807, 2.05) is 11.1 Å². The third-order valence-corrected chi connectivity index (χ3v) is 6.84. The Morgan fingerprint density at radius 1 is 1.17 bits per heavy atom. The summed E-state index contributed by atoms with van der Waals surface area (Å²) in [5, 5.41) is 16.8. The van der Waals surface area contributed by atoms with Crippen LogP contribution in [-0.4, -0.2) is 55.0 Å². The number of nitrogens with zero attached hydrogens (tertiary/aromatic N) is 6. The van der Waals surface area contributed by atoms with Gasteiger partial charge in [-0.15, -0.1) is 10.2 Å². The molecule has 1 aliphatic carbocycles. The normalized spacial score (nSPS) is 21.2. The first-order chi connectivity index (χ1) is 14.2. The second-order valence-electron chi connectivity index (χ2n) is 8.79. The summed E-state index contributed by atoms with van der Waals surface area (Å²) >= 11 is 0. The molecule has 8 nitrogen and oxygen atoms in total. The van der Waals surface area contributed by atoms with Gasteiger partial charge < -0.3 is 14.8 Å². The van der Waals surface area contributed by atoms with Crippen LogP contribution in [0.1, 0.15) is 91.5 Å². The lowest BCUT2D eigenvalue weighted by molar-refractivity contribution is 0.0708. The molecule has 2 fully saturated rings. The topological polar surface area (TPSA) is 80.9 Å². The fourth-order valence-electron chi connectivity index (χ4n) is 4.75. The molecule has 2 aromatic rings. The second kappa shape index (κ2) is 7.55. The van der Waals surface area contributed by atoms with Gasteiger partial charge >= 0.3 is 0 Å². The van der Waals surface area contributed by atoms with Gasteiger partial charge in [0.25, 0.3) is 5.91 Å².